The summed E-state index contributed by atoms with van der Waals surface area (Å²) in [5.74, 6) is -1.77. The Morgan fingerprint density at radius 3 is 2.74 bits per heavy atom. The smallest absolute Gasteiger partial charge is 0.328 e. The minimum Gasteiger partial charge on any atom is -0.480 e. The number of hydrogen-bond acceptors (Lipinski definition) is 5. The average molecular weight is 393 g/mol. The second kappa shape index (κ2) is 5.84. The van der Waals surface area contributed by atoms with Crippen molar-refractivity contribution in [1.29, 1.82) is 0 Å². The molecule has 0 spiro atoms. The van der Waals surface area contributed by atoms with Crippen molar-refractivity contribution in [2.24, 2.45) is 0 Å². The van der Waals surface area contributed by atoms with Crippen LogP contribution in [0.2, 0.25) is 0 Å². The number of H-pyrrole nitrogens is 1. The van der Waals surface area contributed by atoms with E-state index in [2.05, 4.69) is 10.3 Å². The van der Waals surface area contributed by atoms with Crippen LogP contribution in [0.15, 0.2) is 36.8 Å². The molecule has 10 nitrogen and oxygen atoms in total. The summed E-state index contributed by atoms with van der Waals surface area (Å²) in [6.45, 7) is 1.72. The number of rotatable bonds is 5. The van der Waals surface area contributed by atoms with Crippen LogP contribution in [0.3, 0.4) is 0 Å². The van der Waals surface area contributed by atoms with Crippen molar-refractivity contribution in [3.8, 4) is 0 Å². The topological polar surface area (TPSA) is 128 Å². The first-order valence-electron chi connectivity index (χ1n) is 8.39. The summed E-state index contributed by atoms with van der Waals surface area (Å²) in [4.78, 5) is 24.6. The van der Waals surface area contributed by atoms with Crippen LogP contribution in [-0.2, 0) is 32.5 Å². The van der Waals surface area contributed by atoms with E-state index in [9.17, 15) is 23.1 Å². The third kappa shape index (κ3) is 2.52. The molecule has 0 saturated carbocycles. The summed E-state index contributed by atoms with van der Waals surface area (Å²) in [6.07, 6.45) is 5.24. The van der Waals surface area contributed by atoms with Crippen molar-refractivity contribution in [2.75, 3.05) is 0 Å². The molecule has 4 rings (SSSR count). The highest BCUT2D eigenvalue weighted by molar-refractivity contribution is 7.93. The zero-order chi connectivity index (χ0) is 19.4. The summed E-state index contributed by atoms with van der Waals surface area (Å²) in [5.41, 5.74) is 0.663. The fourth-order valence-corrected chi connectivity index (χ4v) is 6.24. The number of amides is 1. The number of hydrogen-bond donors (Lipinski definition) is 2. The molecule has 0 aliphatic carbocycles. The maximum atomic E-state index is 12.9. The Labute approximate surface area is 154 Å². The molecule has 142 valence electrons. The zero-order valence-corrected chi connectivity index (χ0v) is 15.3. The minimum atomic E-state index is -3.85. The number of pyridine rings is 1. The van der Waals surface area contributed by atoms with Crippen LogP contribution < -0.4 is 9.25 Å². The highest BCUT2D eigenvalue weighted by Gasteiger charge is 2.70. The standard InChI is InChI=1S/C16H17N5O5S/c1-16(14(15(23)24)21-12(22)7-13(21)27(16,25)26)10-20-9-11(17-18-20)8-19-5-3-2-4-6-19/h2-6,9,13-14H,7-8,10H2,1H3/p+2/t13-,14+,16+/m1/s1. The highest BCUT2D eigenvalue weighted by atomic mass is 32.2. The lowest BCUT2D eigenvalue weighted by Crippen LogP contribution is -2.60. The second-order valence-corrected chi connectivity index (χ2v) is 9.63. The summed E-state index contributed by atoms with van der Waals surface area (Å²) in [6, 6.07) is 4.23. The molecule has 0 bridgehead atoms. The van der Waals surface area contributed by atoms with Gasteiger partial charge in [0.05, 0.1) is 6.42 Å². The van der Waals surface area contributed by atoms with Crippen LogP contribution in [0, 0.1) is 0 Å². The minimum absolute atomic E-state index is 0.140. The average Bonchev–Trinajstić information content (AvgIpc) is 3.08. The summed E-state index contributed by atoms with van der Waals surface area (Å²) >= 11 is 0. The van der Waals surface area contributed by atoms with Crippen LogP contribution >= 0.6 is 0 Å². The Hall–Kier alpha value is -2.82. The summed E-state index contributed by atoms with van der Waals surface area (Å²) in [5, 5.41) is 15.4. The molecule has 1 amide bonds. The van der Waals surface area contributed by atoms with Gasteiger partial charge in [-0.3, -0.25) is 4.79 Å². The van der Waals surface area contributed by atoms with Crippen LogP contribution in [0.5, 0.6) is 0 Å². The molecule has 0 aromatic carbocycles. The van der Waals surface area contributed by atoms with E-state index < -0.39 is 37.9 Å². The van der Waals surface area contributed by atoms with Gasteiger partial charge in [0.1, 0.15) is 16.7 Å². The fraction of sp³-hybridized carbons (Fsp3) is 0.438. The van der Waals surface area contributed by atoms with Gasteiger partial charge in [-0.05, 0) is 6.92 Å². The number of carboxylic acids is 1. The van der Waals surface area contributed by atoms with Crippen molar-refractivity contribution < 1.29 is 32.4 Å². The van der Waals surface area contributed by atoms with E-state index in [1.54, 1.807) is 6.20 Å². The van der Waals surface area contributed by atoms with Gasteiger partial charge in [-0.1, -0.05) is 11.3 Å². The maximum Gasteiger partial charge on any atom is 0.328 e. The lowest BCUT2D eigenvalue weighted by atomic mass is 9.96. The van der Waals surface area contributed by atoms with E-state index in [1.807, 2.05) is 35.2 Å². The number of nitrogens with one attached hydrogen (secondary N) is 1. The molecule has 2 N–H and O–H groups in total. The number of carboxylic acid groups (broad SMARTS) is 1. The number of nitrogens with zero attached hydrogens (tertiary/aromatic N) is 4. The second-order valence-electron chi connectivity index (χ2n) is 7.07. The Balaban J connectivity index is 1.63. The van der Waals surface area contributed by atoms with Gasteiger partial charge >= 0.3 is 5.97 Å². The highest BCUT2D eigenvalue weighted by Crippen LogP contribution is 2.46. The van der Waals surface area contributed by atoms with E-state index in [-0.39, 0.29) is 13.0 Å². The predicted octanol–water partition coefficient (Wildman–Crippen LogP) is -1.77. The Morgan fingerprint density at radius 2 is 2.11 bits per heavy atom. The number of aromatic amines is 1. The number of β-lactam (4-membered cyclic amide) rings is 1. The Morgan fingerprint density at radius 1 is 1.41 bits per heavy atom. The fourth-order valence-electron chi connectivity index (χ4n) is 3.88. The van der Waals surface area contributed by atoms with Crippen molar-refractivity contribution in [1.82, 2.24) is 15.2 Å². The van der Waals surface area contributed by atoms with Gasteiger partial charge < -0.3 is 10.0 Å². The van der Waals surface area contributed by atoms with Crippen molar-refractivity contribution in [3.63, 3.8) is 0 Å². The molecule has 11 heteroatoms. The van der Waals surface area contributed by atoms with Gasteiger partial charge in [0.15, 0.2) is 34.5 Å². The van der Waals surface area contributed by atoms with Crippen molar-refractivity contribution in [2.45, 2.75) is 42.6 Å². The first-order valence-corrected chi connectivity index (χ1v) is 9.94. The lowest BCUT2D eigenvalue weighted by molar-refractivity contribution is -0.757. The van der Waals surface area contributed by atoms with Crippen molar-refractivity contribution >= 4 is 21.7 Å². The molecule has 2 aliphatic heterocycles. The molecule has 0 unspecified atom stereocenters. The first-order chi connectivity index (χ1) is 12.7. The summed E-state index contributed by atoms with van der Waals surface area (Å²) < 4.78 is 27.6. The Kier molecular flexibility index (Phi) is 3.81. The molecule has 4 heterocycles. The monoisotopic (exact) mass is 393 g/mol. The van der Waals surface area contributed by atoms with E-state index in [4.69, 9.17) is 0 Å². The van der Waals surface area contributed by atoms with E-state index in [1.165, 1.54) is 11.6 Å². The molecular formula is C16H19N5O5S+2. The van der Waals surface area contributed by atoms with Crippen LogP contribution in [-0.4, -0.2) is 56.8 Å². The molecule has 2 aromatic rings. The molecule has 2 aromatic heterocycles. The normalized spacial score (nSPS) is 28.6. The van der Waals surface area contributed by atoms with Crippen LogP contribution in [0.4, 0.5) is 0 Å². The van der Waals surface area contributed by atoms with Crippen LogP contribution in [0.25, 0.3) is 0 Å². The third-order valence-electron chi connectivity index (χ3n) is 5.28. The third-order valence-corrected chi connectivity index (χ3v) is 8.04. The van der Waals surface area contributed by atoms with Gasteiger partial charge in [-0.25, -0.2) is 13.2 Å². The number of fused-ring (bicyclic) bond motifs is 1. The first kappa shape index (κ1) is 17.6. The molecule has 0 radical (unpaired) electrons. The summed E-state index contributed by atoms with van der Waals surface area (Å²) in [7, 11) is -3.85. The van der Waals surface area contributed by atoms with Crippen molar-refractivity contribution in [3.05, 3.63) is 42.5 Å². The van der Waals surface area contributed by atoms with Gasteiger partial charge in [0.2, 0.25) is 12.5 Å². The molecule has 3 atom stereocenters. The quantitative estimate of drug-likeness (QED) is 0.457. The van der Waals surface area contributed by atoms with E-state index >= 15 is 0 Å². The largest absolute Gasteiger partial charge is 0.480 e. The number of carbonyl (C=O) groups excluding carboxylic acids is 1. The van der Waals surface area contributed by atoms with E-state index in [0.29, 0.717) is 12.2 Å². The van der Waals surface area contributed by atoms with Crippen LogP contribution in [0.1, 0.15) is 19.0 Å². The zero-order valence-electron chi connectivity index (χ0n) is 14.5. The number of carbonyl (C=O) groups is 2. The van der Waals surface area contributed by atoms with E-state index in [0.717, 1.165) is 4.90 Å². The SMILES string of the molecule is C[C@]1(C[n+]2cc(C[n+]3ccccc3)n[nH]2)[C@H](C(=O)O)N2C(=O)C[C@H]2S1(=O)=O. The number of aliphatic carboxylic acids is 1. The predicted molar refractivity (Wildman–Crippen MR) is 88.5 cm³/mol. The van der Waals surface area contributed by atoms with Gasteiger partial charge in [-0.15, -0.1) is 0 Å². The lowest BCUT2D eigenvalue weighted by Gasteiger charge is -2.35. The number of sulfone groups is 1. The molecular weight excluding hydrogens is 374 g/mol. The van der Waals surface area contributed by atoms with Gasteiger partial charge in [0.25, 0.3) is 5.69 Å². The van der Waals surface area contributed by atoms with Gasteiger partial charge in [-0.2, -0.15) is 9.25 Å². The maximum absolute atomic E-state index is 12.9. The molecule has 27 heavy (non-hydrogen) atoms. The number of aromatic nitrogens is 4. The Bertz CT molecular complexity index is 1020. The molecule has 2 fully saturated rings. The molecule has 2 aliphatic rings. The molecule has 2 saturated heterocycles. The van der Waals surface area contributed by atoms with Gasteiger partial charge in [0, 0.05) is 17.2 Å².